The maximum Gasteiger partial charge on any atom is 0.303 e. The molecule has 84 heavy (non-hydrogen) atoms. The standard InChI is InChI=1S/C61H76N8O15/c1-4-5-6-30-84-46-24-20-41(21-25-46)39-14-12-38(13-15-39)40-16-18-42(19-17-40)55(77)64-47-8-7-29-62-58(80)49-31-43(63-51(74)27-28-52(75)76)33-68(49)60(82)53(35(2)70)67-57(79)48(26-11-37-9-22-44(72)23-10-37)65-59(81)50-32-45(73)34-69(50)61(83)54(36(3)71)66-56(47)78/h9-10,12-25,35-36,43,45,47-50,53-54,70-73H,4-8,11,26-34H2,1-3H3,(H,62,80)(H,63,74)(H,64,77)(H,65,81)(H,66,78)(H,67,79)(H,75,76)/t35-,36-,43+,45-,47+,48+,49+,50+,53+,54+/m1/s1. The number of carboxylic acid groups (broad SMARTS) is 1. The van der Waals surface area contributed by atoms with Gasteiger partial charge in [-0.05, 0) is 117 Å². The lowest BCUT2D eigenvalue weighted by atomic mass is 9.99. The van der Waals surface area contributed by atoms with Crippen molar-refractivity contribution < 1.29 is 73.4 Å². The van der Waals surface area contributed by atoms with Crippen LogP contribution in [-0.4, -0.2) is 175 Å². The first-order valence-corrected chi connectivity index (χ1v) is 28.6. The number of phenolic OH excluding ortho intramolecular Hbond substituents is 1. The van der Waals surface area contributed by atoms with E-state index in [1.807, 2.05) is 48.5 Å². The number of aliphatic carboxylic acids is 1. The highest BCUT2D eigenvalue weighted by atomic mass is 16.5. The number of ether oxygens (including phenoxy) is 1. The van der Waals surface area contributed by atoms with Crippen LogP contribution in [0, 0.1) is 0 Å². The summed E-state index contributed by atoms with van der Waals surface area (Å²) in [6.07, 6.45) is -2.84. The van der Waals surface area contributed by atoms with E-state index in [2.05, 4.69) is 38.8 Å². The SMILES string of the molecule is CCCCCOc1ccc(-c2ccc(-c3ccc(C(=O)N[C@H]4CCCNC(=O)[C@@H]5C[C@H](NC(=O)CCC(=O)O)CN5C(=O)[C@H]([C@@H](C)O)NC(=O)[C@H](CCc5ccc(O)cc5)NC(=O)[C@@H]5C[C@@H](O)CN5C(=O)[C@H]([C@@H](C)O)NC4=O)cc3)cc2)cc1. The Morgan fingerprint density at radius 2 is 1.23 bits per heavy atom. The molecule has 4 aromatic carbocycles. The second-order valence-electron chi connectivity index (χ2n) is 21.7. The van der Waals surface area contributed by atoms with Gasteiger partial charge in [0, 0.05) is 44.1 Å². The number of aryl methyl sites for hydroxylation is 1. The quantitative estimate of drug-likeness (QED) is 0.0636. The Morgan fingerprint density at radius 1 is 0.667 bits per heavy atom. The van der Waals surface area contributed by atoms with E-state index in [9.17, 15) is 68.7 Å². The van der Waals surface area contributed by atoms with Crippen LogP contribution in [0.3, 0.4) is 0 Å². The molecule has 3 saturated heterocycles. The van der Waals surface area contributed by atoms with Crippen LogP contribution < -0.4 is 36.6 Å². The van der Waals surface area contributed by atoms with Gasteiger partial charge in [0.15, 0.2) is 0 Å². The van der Waals surface area contributed by atoms with E-state index in [4.69, 9.17) is 4.74 Å². The van der Waals surface area contributed by atoms with Crippen molar-refractivity contribution in [3.8, 4) is 33.8 Å². The number of phenols is 1. The van der Waals surface area contributed by atoms with Crippen molar-refractivity contribution >= 4 is 53.2 Å². The zero-order chi connectivity index (χ0) is 60.6. The normalized spacial score (nSPS) is 23.5. The zero-order valence-corrected chi connectivity index (χ0v) is 47.3. The lowest BCUT2D eigenvalue weighted by Crippen LogP contribution is -2.61. The molecule has 23 nitrogen and oxygen atoms in total. The molecule has 3 aliphatic heterocycles. The molecule has 3 fully saturated rings. The van der Waals surface area contributed by atoms with E-state index in [1.54, 1.807) is 36.4 Å². The molecule has 0 unspecified atom stereocenters. The molecule has 3 aliphatic rings. The van der Waals surface area contributed by atoms with E-state index in [-0.39, 0.29) is 62.9 Å². The molecule has 450 valence electrons. The number of carbonyl (C=O) groups excluding carboxylic acids is 8. The minimum Gasteiger partial charge on any atom is -0.508 e. The van der Waals surface area contributed by atoms with Gasteiger partial charge in [-0.2, -0.15) is 0 Å². The summed E-state index contributed by atoms with van der Waals surface area (Å²) in [6.45, 7) is 4.38. The van der Waals surface area contributed by atoms with E-state index in [1.165, 1.54) is 26.0 Å². The Balaban J connectivity index is 1.14. The summed E-state index contributed by atoms with van der Waals surface area (Å²) in [6, 6.07) is 18.4. The fourth-order valence-corrected chi connectivity index (χ4v) is 10.5. The summed E-state index contributed by atoms with van der Waals surface area (Å²) >= 11 is 0. The lowest BCUT2D eigenvalue weighted by Gasteiger charge is -2.32. The molecule has 0 bridgehead atoms. The van der Waals surface area contributed by atoms with Gasteiger partial charge in [-0.1, -0.05) is 80.4 Å². The number of nitrogens with zero attached hydrogens (tertiary/aromatic N) is 2. The first-order chi connectivity index (χ1) is 40.2. The second-order valence-corrected chi connectivity index (χ2v) is 21.7. The van der Waals surface area contributed by atoms with Gasteiger partial charge in [0.05, 0.1) is 31.3 Å². The van der Waals surface area contributed by atoms with Gasteiger partial charge >= 0.3 is 5.97 Å². The van der Waals surface area contributed by atoms with Crippen LogP contribution in [-0.2, 0) is 44.8 Å². The van der Waals surface area contributed by atoms with E-state index in [0.29, 0.717) is 12.2 Å². The van der Waals surface area contributed by atoms with Crippen LogP contribution >= 0.6 is 0 Å². The van der Waals surface area contributed by atoms with Gasteiger partial charge < -0.3 is 72.0 Å². The molecule has 4 aromatic rings. The maximum atomic E-state index is 14.6. The van der Waals surface area contributed by atoms with Crippen molar-refractivity contribution in [2.24, 2.45) is 0 Å². The number of aromatic hydroxyl groups is 1. The number of aliphatic hydroxyl groups is 3. The topological polar surface area (TPSA) is 343 Å². The van der Waals surface area contributed by atoms with Crippen LogP contribution in [0.5, 0.6) is 11.5 Å². The van der Waals surface area contributed by atoms with Gasteiger partial charge in [-0.15, -0.1) is 0 Å². The molecule has 23 heteroatoms. The number of hydrogen-bond donors (Lipinski definition) is 11. The molecule has 7 rings (SSSR count). The van der Waals surface area contributed by atoms with Crippen molar-refractivity contribution in [2.45, 2.75) is 152 Å². The number of carboxylic acids is 1. The summed E-state index contributed by atoms with van der Waals surface area (Å²) in [5.41, 5.74) is 4.45. The predicted octanol–water partition coefficient (Wildman–Crippen LogP) is 2.06. The van der Waals surface area contributed by atoms with Crippen molar-refractivity contribution in [1.82, 2.24) is 41.7 Å². The van der Waals surface area contributed by atoms with E-state index >= 15 is 0 Å². The number of benzene rings is 4. The highest BCUT2D eigenvalue weighted by Crippen LogP contribution is 2.28. The molecule has 0 radical (unpaired) electrons. The molecule has 0 saturated carbocycles. The van der Waals surface area contributed by atoms with Gasteiger partial charge in [0.1, 0.15) is 47.8 Å². The first kappa shape index (κ1) is 63.2. The van der Waals surface area contributed by atoms with Crippen LogP contribution in [0.15, 0.2) is 97.1 Å². The largest absolute Gasteiger partial charge is 0.508 e. The fraction of sp³-hybridized carbons (Fsp3) is 0.459. The summed E-state index contributed by atoms with van der Waals surface area (Å²) < 4.78 is 5.86. The van der Waals surface area contributed by atoms with Crippen molar-refractivity contribution in [3.05, 3.63) is 108 Å². The Labute approximate surface area is 486 Å². The Morgan fingerprint density at radius 3 is 1.81 bits per heavy atom. The van der Waals surface area contributed by atoms with Crippen LogP contribution in [0.25, 0.3) is 22.3 Å². The van der Waals surface area contributed by atoms with Crippen molar-refractivity contribution in [3.63, 3.8) is 0 Å². The zero-order valence-electron chi connectivity index (χ0n) is 47.3. The average molecular weight is 1160 g/mol. The molecular weight excluding hydrogens is 1080 g/mol. The Kier molecular flexibility index (Phi) is 22.3. The third-order valence-corrected chi connectivity index (χ3v) is 15.2. The van der Waals surface area contributed by atoms with Gasteiger partial charge in [-0.25, -0.2) is 0 Å². The minimum atomic E-state index is -1.74. The summed E-state index contributed by atoms with van der Waals surface area (Å²) in [5.74, 6) is -7.26. The third kappa shape index (κ3) is 17.1. The minimum absolute atomic E-state index is 0.00221. The predicted molar refractivity (Wildman–Crippen MR) is 306 cm³/mol. The highest BCUT2D eigenvalue weighted by molar-refractivity contribution is 6.00. The van der Waals surface area contributed by atoms with Crippen LogP contribution in [0.2, 0.25) is 0 Å². The lowest BCUT2D eigenvalue weighted by molar-refractivity contribution is -0.145. The van der Waals surface area contributed by atoms with Crippen molar-refractivity contribution in [1.29, 1.82) is 0 Å². The number of fused-ring (bicyclic) bond motifs is 2. The number of carbonyl (C=O) groups is 9. The Hall–Kier alpha value is -8.41. The third-order valence-electron chi connectivity index (χ3n) is 15.2. The summed E-state index contributed by atoms with van der Waals surface area (Å²) in [4.78, 5) is 127. The number of unbranched alkanes of at least 4 members (excludes halogenated alkanes) is 2. The number of aliphatic hydroxyl groups excluding tert-OH is 3. The number of rotatable bonds is 18. The van der Waals surface area contributed by atoms with Gasteiger partial charge in [0.25, 0.3) is 5.91 Å². The summed E-state index contributed by atoms with van der Waals surface area (Å²) in [5, 5.41) is 68.0. The molecule has 8 amide bonds. The molecule has 3 heterocycles. The van der Waals surface area contributed by atoms with E-state index in [0.717, 1.165) is 57.1 Å². The van der Waals surface area contributed by atoms with Crippen LogP contribution in [0.4, 0.5) is 0 Å². The fourth-order valence-electron chi connectivity index (χ4n) is 10.5. The highest BCUT2D eigenvalue weighted by Gasteiger charge is 2.46. The average Bonchev–Trinajstić information content (AvgIpc) is 4.31. The molecular formula is C61H76N8O15. The molecule has 10 atom stereocenters. The van der Waals surface area contributed by atoms with Gasteiger partial charge in [-0.3, -0.25) is 43.2 Å². The number of nitrogens with one attached hydrogen (secondary N) is 6. The number of hydrogen-bond acceptors (Lipinski definition) is 14. The van der Waals surface area contributed by atoms with Crippen molar-refractivity contribution in [2.75, 3.05) is 26.2 Å². The smallest absolute Gasteiger partial charge is 0.303 e. The molecule has 0 spiro atoms. The summed E-state index contributed by atoms with van der Waals surface area (Å²) in [7, 11) is 0. The monoisotopic (exact) mass is 1160 g/mol. The van der Waals surface area contributed by atoms with Crippen LogP contribution in [0.1, 0.15) is 101 Å². The number of amides is 8. The first-order valence-electron chi connectivity index (χ1n) is 28.6. The molecule has 0 aliphatic carbocycles. The van der Waals surface area contributed by atoms with Gasteiger partial charge in [0.2, 0.25) is 41.4 Å². The molecule has 0 aromatic heterocycles. The maximum absolute atomic E-state index is 14.6. The van der Waals surface area contributed by atoms with E-state index < -0.39 is 133 Å². The Bertz CT molecular complexity index is 2960. The second kappa shape index (κ2) is 29.7. The molecule has 11 N–H and O–H groups in total.